The summed E-state index contributed by atoms with van der Waals surface area (Å²) in [5.41, 5.74) is 0.938. The standard InChI is InChI=1S/C16H21NO3S/c1-16(15(19)20)7-4-8-17(11-16)14(18)13-6-3-5-12(9-13)10-21-2/h3,5-6,9H,4,7-8,10-11H2,1-2H3,(H,19,20). The number of thioether (sulfide) groups is 1. The molecule has 1 aliphatic rings. The first-order chi connectivity index (χ1) is 9.96. The van der Waals surface area contributed by atoms with Gasteiger partial charge in [-0.3, -0.25) is 9.59 Å². The van der Waals surface area contributed by atoms with Crippen molar-refractivity contribution in [2.45, 2.75) is 25.5 Å². The number of rotatable bonds is 4. The predicted octanol–water partition coefficient (Wildman–Crippen LogP) is 2.88. The fraction of sp³-hybridized carbons (Fsp3) is 0.500. The Morgan fingerprint density at radius 3 is 2.86 bits per heavy atom. The molecule has 1 amide bonds. The lowest BCUT2D eigenvalue weighted by atomic mass is 9.82. The van der Waals surface area contributed by atoms with E-state index in [0.717, 1.165) is 17.7 Å². The number of aliphatic carboxylic acids is 1. The van der Waals surface area contributed by atoms with E-state index in [-0.39, 0.29) is 12.5 Å². The molecule has 0 aromatic heterocycles. The van der Waals surface area contributed by atoms with Crippen molar-refractivity contribution >= 4 is 23.6 Å². The Morgan fingerprint density at radius 1 is 1.43 bits per heavy atom. The summed E-state index contributed by atoms with van der Waals surface area (Å²) in [5, 5.41) is 9.34. The zero-order chi connectivity index (χ0) is 15.5. The molecule has 5 heteroatoms. The molecule has 1 saturated heterocycles. The van der Waals surface area contributed by atoms with Crippen LogP contribution < -0.4 is 0 Å². The largest absolute Gasteiger partial charge is 0.481 e. The van der Waals surface area contributed by atoms with Crippen molar-refractivity contribution in [3.05, 3.63) is 35.4 Å². The maximum Gasteiger partial charge on any atom is 0.311 e. The predicted molar refractivity (Wildman–Crippen MR) is 84.5 cm³/mol. The van der Waals surface area contributed by atoms with Crippen molar-refractivity contribution in [2.24, 2.45) is 5.41 Å². The fourth-order valence-corrected chi connectivity index (χ4v) is 3.24. The second-order valence-corrected chi connectivity index (χ2v) is 6.70. The van der Waals surface area contributed by atoms with Crippen LogP contribution in [0.4, 0.5) is 0 Å². The fourth-order valence-electron chi connectivity index (χ4n) is 2.73. The number of likely N-dealkylation sites (tertiary alicyclic amines) is 1. The molecule has 1 fully saturated rings. The Hall–Kier alpha value is -1.49. The van der Waals surface area contributed by atoms with Crippen LogP contribution >= 0.6 is 11.8 Å². The molecule has 114 valence electrons. The highest BCUT2D eigenvalue weighted by molar-refractivity contribution is 7.97. The van der Waals surface area contributed by atoms with Gasteiger partial charge in [-0.15, -0.1) is 0 Å². The molecule has 1 heterocycles. The van der Waals surface area contributed by atoms with E-state index in [2.05, 4.69) is 0 Å². The Bertz CT molecular complexity index is 546. The molecule has 1 aliphatic heterocycles. The molecule has 1 unspecified atom stereocenters. The van der Waals surface area contributed by atoms with Gasteiger partial charge in [0.2, 0.25) is 0 Å². The first-order valence-electron chi connectivity index (χ1n) is 7.07. The summed E-state index contributed by atoms with van der Waals surface area (Å²) in [6.45, 7) is 2.64. The quantitative estimate of drug-likeness (QED) is 0.929. The summed E-state index contributed by atoms with van der Waals surface area (Å²) in [7, 11) is 0. The maximum atomic E-state index is 12.6. The lowest BCUT2D eigenvalue weighted by molar-refractivity contribution is -0.150. The highest BCUT2D eigenvalue weighted by Gasteiger charge is 2.39. The van der Waals surface area contributed by atoms with Crippen LogP contribution in [0.5, 0.6) is 0 Å². The molecule has 0 radical (unpaired) electrons. The minimum absolute atomic E-state index is 0.0647. The first kappa shape index (κ1) is 15.9. The third-order valence-corrected chi connectivity index (χ3v) is 4.61. The maximum absolute atomic E-state index is 12.6. The van der Waals surface area contributed by atoms with Gasteiger partial charge >= 0.3 is 5.97 Å². The van der Waals surface area contributed by atoms with Crippen molar-refractivity contribution in [3.8, 4) is 0 Å². The number of nitrogens with zero attached hydrogens (tertiary/aromatic N) is 1. The number of hydrogen-bond acceptors (Lipinski definition) is 3. The molecule has 0 spiro atoms. The highest BCUT2D eigenvalue weighted by atomic mass is 32.2. The van der Waals surface area contributed by atoms with Gasteiger partial charge in [0.15, 0.2) is 0 Å². The number of carbonyl (C=O) groups is 2. The van der Waals surface area contributed by atoms with E-state index in [4.69, 9.17) is 0 Å². The van der Waals surface area contributed by atoms with Crippen molar-refractivity contribution in [1.82, 2.24) is 4.90 Å². The van der Waals surface area contributed by atoms with Gasteiger partial charge in [0, 0.05) is 24.4 Å². The monoisotopic (exact) mass is 307 g/mol. The van der Waals surface area contributed by atoms with Crippen molar-refractivity contribution in [2.75, 3.05) is 19.3 Å². The summed E-state index contributed by atoms with van der Waals surface area (Å²) < 4.78 is 0. The molecule has 0 saturated carbocycles. The van der Waals surface area contributed by atoms with Crippen molar-refractivity contribution < 1.29 is 14.7 Å². The summed E-state index contributed by atoms with van der Waals surface area (Å²) in [6.07, 6.45) is 3.38. The molecule has 1 aromatic rings. The van der Waals surface area contributed by atoms with Gasteiger partial charge in [0.05, 0.1) is 5.41 Å². The molecule has 1 atom stereocenters. The SMILES string of the molecule is CSCc1cccc(C(=O)N2CCCC(C)(C(=O)O)C2)c1. The zero-order valence-corrected chi connectivity index (χ0v) is 13.3. The molecular formula is C16H21NO3S. The second-order valence-electron chi connectivity index (χ2n) is 5.83. The van der Waals surface area contributed by atoms with Crippen LogP contribution in [0.3, 0.4) is 0 Å². The Morgan fingerprint density at radius 2 is 2.19 bits per heavy atom. The molecule has 4 nitrogen and oxygen atoms in total. The first-order valence-corrected chi connectivity index (χ1v) is 8.46. The van der Waals surface area contributed by atoms with Gasteiger partial charge in [-0.2, -0.15) is 11.8 Å². The van der Waals surface area contributed by atoms with Crippen LogP contribution in [0.15, 0.2) is 24.3 Å². The number of hydrogen-bond donors (Lipinski definition) is 1. The van der Waals surface area contributed by atoms with E-state index in [1.807, 2.05) is 24.5 Å². The van der Waals surface area contributed by atoms with Crippen molar-refractivity contribution in [1.29, 1.82) is 0 Å². The lowest BCUT2D eigenvalue weighted by Crippen LogP contribution is -2.48. The van der Waals surface area contributed by atoms with E-state index in [9.17, 15) is 14.7 Å². The van der Waals surface area contributed by atoms with Crippen molar-refractivity contribution in [3.63, 3.8) is 0 Å². The Kier molecular flexibility index (Phi) is 4.93. The molecule has 21 heavy (non-hydrogen) atoms. The highest BCUT2D eigenvalue weighted by Crippen LogP contribution is 2.30. The minimum atomic E-state index is -0.829. The number of piperidine rings is 1. The van der Waals surface area contributed by atoms with E-state index in [0.29, 0.717) is 18.5 Å². The molecule has 1 N–H and O–H groups in total. The number of carboxylic acid groups (broad SMARTS) is 1. The number of carboxylic acids is 1. The van der Waals surface area contributed by atoms with Gasteiger partial charge in [-0.25, -0.2) is 0 Å². The topological polar surface area (TPSA) is 57.6 Å². The smallest absolute Gasteiger partial charge is 0.311 e. The average Bonchev–Trinajstić information content (AvgIpc) is 2.47. The van der Waals surface area contributed by atoms with Gasteiger partial charge in [0.25, 0.3) is 5.91 Å². The normalized spacial score (nSPS) is 22.1. The third-order valence-electron chi connectivity index (χ3n) is 3.98. The Balaban J connectivity index is 2.16. The number of carbonyl (C=O) groups excluding carboxylic acids is 1. The van der Waals surface area contributed by atoms with E-state index in [1.165, 1.54) is 0 Å². The Labute approximate surface area is 129 Å². The van der Waals surface area contributed by atoms with Crippen LogP contribution in [-0.4, -0.2) is 41.2 Å². The van der Waals surface area contributed by atoms with Gasteiger partial charge in [-0.05, 0) is 43.7 Å². The van der Waals surface area contributed by atoms with Gasteiger partial charge in [0.1, 0.15) is 0 Å². The molecule has 2 rings (SSSR count). The summed E-state index contributed by atoms with van der Waals surface area (Å²) in [5.74, 6) is -0.0187. The summed E-state index contributed by atoms with van der Waals surface area (Å²) in [6, 6.07) is 7.61. The summed E-state index contributed by atoms with van der Waals surface area (Å²) in [4.78, 5) is 25.6. The second kappa shape index (κ2) is 6.52. The van der Waals surface area contributed by atoms with Crippen LogP contribution in [-0.2, 0) is 10.5 Å². The molecule has 0 bridgehead atoms. The molecular weight excluding hydrogens is 286 g/mol. The van der Waals surface area contributed by atoms with Crippen LogP contribution in [0, 0.1) is 5.41 Å². The van der Waals surface area contributed by atoms with Crippen LogP contribution in [0.25, 0.3) is 0 Å². The van der Waals surface area contributed by atoms with E-state index in [1.54, 1.807) is 29.7 Å². The van der Waals surface area contributed by atoms with E-state index >= 15 is 0 Å². The van der Waals surface area contributed by atoms with Gasteiger partial charge < -0.3 is 10.0 Å². The molecule has 0 aliphatic carbocycles. The van der Waals surface area contributed by atoms with Crippen LogP contribution in [0.2, 0.25) is 0 Å². The number of benzene rings is 1. The van der Waals surface area contributed by atoms with E-state index < -0.39 is 11.4 Å². The minimum Gasteiger partial charge on any atom is -0.481 e. The molecule has 1 aromatic carbocycles. The average molecular weight is 307 g/mol. The summed E-state index contributed by atoms with van der Waals surface area (Å²) >= 11 is 1.71. The lowest BCUT2D eigenvalue weighted by Gasteiger charge is -2.37. The third kappa shape index (κ3) is 3.59. The van der Waals surface area contributed by atoms with Crippen LogP contribution in [0.1, 0.15) is 35.7 Å². The van der Waals surface area contributed by atoms with Gasteiger partial charge in [-0.1, -0.05) is 12.1 Å². The number of amides is 1. The zero-order valence-electron chi connectivity index (χ0n) is 12.5.